The first-order valence-electron chi connectivity index (χ1n) is 6.93. The molecule has 0 spiro atoms. The van der Waals surface area contributed by atoms with Crippen LogP contribution in [-0.2, 0) is 7.05 Å². The fourth-order valence-corrected chi connectivity index (χ4v) is 2.42. The topological polar surface area (TPSA) is 70.1 Å². The zero-order chi connectivity index (χ0) is 14.3. The third-order valence-electron chi connectivity index (χ3n) is 3.44. The molecular weight excluding hydrogens is 242 g/mol. The second-order valence-corrected chi connectivity index (χ2v) is 4.88. The van der Waals surface area contributed by atoms with Gasteiger partial charge in [-0.2, -0.15) is 5.10 Å². The van der Waals surface area contributed by atoms with Crippen molar-refractivity contribution in [1.82, 2.24) is 9.78 Å². The Bertz CT molecular complexity index is 395. The molecule has 1 atom stereocenters. The maximum atomic E-state index is 12.2. The molecule has 0 aliphatic carbocycles. The molecule has 0 bridgehead atoms. The minimum atomic E-state index is 0.0926. The van der Waals surface area contributed by atoms with Crippen LogP contribution in [0.25, 0.3) is 0 Å². The van der Waals surface area contributed by atoms with E-state index in [2.05, 4.69) is 12.0 Å². The molecule has 5 heteroatoms. The van der Waals surface area contributed by atoms with E-state index in [0.29, 0.717) is 30.3 Å². The summed E-state index contributed by atoms with van der Waals surface area (Å²) in [5.74, 6) is 1.19. The fourth-order valence-electron chi connectivity index (χ4n) is 2.42. The van der Waals surface area contributed by atoms with Crippen LogP contribution in [0.1, 0.15) is 49.5 Å². The van der Waals surface area contributed by atoms with Gasteiger partial charge in [0, 0.05) is 13.5 Å². The van der Waals surface area contributed by atoms with E-state index >= 15 is 0 Å². The molecule has 0 aliphatic rings. The van der Waals surface area contributed by atoms with Crippen molar-refractivity contribution in [2.24, 2.45) is 18.7 Å². The zero-order valence-electron chi connectivity index (χ0n) is 12.2. The summed E-state index contributed by atoms with van der Waals surface area (Å²) in [7, 11) is 3.32. The smallest absolute Gasteiger partial charge is 0.184 e. The first-order valence-corrected chi connectivity index (χ1v) is 6.93. The van der Waals surface area contributed by atoms with Gasteiger partial charge in [-0.05, 0) is 25.3 Å². The SMILES string of the molecule is CCCC(CCN)CCC(=O)c1c(OC)cnn1C. The zero-order valence-corrected chi connectivity index (χ0v) is 12.2. The quantitative estimate of drug-likeness (QED) is 0.696. The van der Waals surface area contributed by atoms with Crippen molar-refractivity contribution >= 4 is 5.78 Å². The summed E-state index contributed by atoms with van der Waals surface area (Å²) in [5.41, 5.74) is 6.17. The number of Topliss-reactive ketones (excluding diaryl/α,β-unsaturated/α-hetero) is 1. The number of aryl methyl sites for hydroxylation is 1. The van der Waals surface area contributed by atoms with E-state index in [-0.39, 0.29) is 5.78 Å². The molecular formula is C14H25N3O2. The monoisotopic (exact) mass is 267 g/mol. The van der Waals surface area contributed by atoms with Crippen LogP contribution in [0.3, 0.4) is 0 Å². The molecule has 0 aromatic carbocycles. The molecule has 1 unspecified atom stereocenters. The van der Waals surface area contributed by atoms with Crippen LogP contribution in [0.15, 0.2) is 6.20 Å². The maximum Gasteiger partial charge on any atom is 0.184 e. The van der Waals surface area contributed by atoms with Gasteiger partial charge in [0.05, 0.1) is 13.3 Å². The molecule has 1 aromatic heterocycles. The van der Waals surface area contributed by atoms with Gasteiger partial charge in [0.15, 0.2) is 11.5 Å². The number of aromatic nitrogens is 2. The fraction of sp³-hybridized carbons (Fsp3) is 0.714. The van der Waals surface area contributed by atoms with E-state index in [1.165, 1.54) is 0 Å². The highest BCUT2D eigenvalue weighted by Gasteiger charge is 2.18. The van der Waals surface area contributed by atoms with Gasteiger partial charge in [-0.3, -0.25) is 9.48 Å². The Morgan fingerprint density at radius 1 is 1.47 bits per heavy atom. The molecule has 1 rings (SSSR count). The number of nitrogens with two attached hydrogens (primary N) is 1. The Balaban J connectivity index is 2.61. The lowest BCUT2D eigenvalue weighted by atomic mass is 9.93. The molecule has 5 nitrogen and oxygen atoms in total. The predicted octanol–water partition coefficient (Wildman–Crippen LogP) is 2.16. The minimum absolute atomic E-state index is 0.0926. The van der Waals surface area contributed by atoms with E-state index < -0.39 is 0 Å². The lowest BCUT2D eigenvalue weighted by molar-refractivity contribution is 0.0960. The second kappa shape index (κ2) is 7.94. The van der Waals surface area contributed by atoms with Gasteiger partial charge in [-0.15, -0.1) is 0 Å². The van der Waals surface area contributed by atoms with Crippen LogP contribution >= 0.6 is 0 Å². The predicted molar refractivity (Wildman–Crippen MR) is 75.4 cm³/mol. The summed E-state index contributed by atoms with van der Waals surface area (Å²) in [6.45, 7) is 2.85. The molecule has 19 heavy (non-hydrogen) atoms. The molecule has 0 saturated heterocycles. The van der Waals surface area contributed by atoms with E-state index in [1.54, 1.807) is 25.0 Å². The number of carbonyl (C=O) groups is 1. The normalized spacial score (nSPS) is 12.4. The van der Waals surface area contributed by atoms with Gasteiger partial charge in [-0.1, -0.05) is 19.8 Å². The summed E-state index contributed by atoms with van der Waals surface area (Å²) in [6, 6.07) is 0. The van der Waals surface area contributed by atoms with Gasteiger partial charge >= 0.3 is 0 Å². The Hall–Kier alpha value is -1.36. The minimum Gasteiger partial charge on any atom is -0.493 e. The Morgan fingerprint density at radius 2 is 2.21 bits per heavy atom. The average Bonchev–Trinajstić information content (AvgIpc) is 2.77. The molecule has 0 amide bonds. The summed E-state index contributed by atoms with van der Waals surface area (Å²) in [5, 5.41) is 4.06. The van der Waals surface area contributed by atoms with Gasteiger partial charge in [0.25, 0.3) is 0 Å². The van der Waals surface area contributed by atoms with Crippen LogP contribution in [-0.4, -0.2) is 29.2 Å². The molecule has 0 saturated carbocycles. The molecule has 0 aliphatic heterocycles. The maximum absolute atomic E-state index is 12.2. The Labute approximate surface area is 115 Å². The number of ether oxygens (including phenoxy) is 1. The first kappa shape index (κ1) is 15.7. The largest absolute Gasteiger partial charge is 0.493 e. The summed E-state index contributed by atoms with van der Waals surface area (Å²) < 4.78 is 6.75. The average molecular weight is 267 g/mol. The van der Waals surface area contributed by atoms with Gasteiger partial charge in [0.1, 0.15) is 5.69 Å². The molecule has 108 valence electrons. The molecule has 2 N–H and O–H groups in total. The third-order valence-corrected chi connectivity index (χ3v) is 3.44. The Morgan fingerprint density at radius 3 is 2.79 bits per heavy atom. The number of nitrogens with zero attached hydrogens (tertiary/aromatic N) is 2. The summed E-state index contributed by atoms with van der Waals surface area (Å²) >= 11 is 0. The second-order valence-electron chi connectivity index (χ2n) is 4.88. The van der Waals surface area contributed by atoms with E-state index in [9.17, 15) is 4.79 Å². The highest BCUT2D eigenvalue weighted by molar-refractivity contribution is 5.96. The highest BCUT2D eigenvalue weighted by Crippen LogP contribution is 2.22. The number of rotatable bonds is 9. The molecule has 0 fully saturated rings. The van der Waals surface area contributed by atoms with Crippen molar-refractivity contribution in [1.29, 1.82) is 0 Å². The van der Waals surface area contributed by atoms with Crippen LogP contribution < -0.4 is 10.5 Å². The third kappa shape index (κ3) is 4.35. The van der Waals surface area contributed by atoms with Gasteiger partial charge in [0.2, 0.25) is 0 Å². The van der Waals surface area contributed by atoms with E-state index in [1.807, 2.05) is 0 Å². The van der Waals surface area contributed by atoms with Crippen LogP contribution in [0.2, 0.25) is 0 Å². The number of hydrogen-bond donors (Lipinski definition) is 1. The van der Waals surface area contributed by atoms with Crippen LogP contribution in [0.5, 0.6) is 5.75 Å². The highest BCUT2D eigenvalue weighted by atomic mass is 16.5. The number of carbonyl (C=O) groups excluding carboxylic acids is 1. The lowest BCUT2D eigenvalue weighted by Gasteiger charge is -2.14. The van der Waals surface area contributed by atoms with Crippen LogP contribution in [0.4, 0.5) is 0 Å². The van der Waals surface area contributed by atoms with E-state index in [4.69, 9.17) is 10.5 Å². The van der Waals surface area contributed by atoms with Crippen LogP contribution in [0, 0.1) is 5.92 Å². The number of hydrogen-bond acceptors (Lipinski definition) is 4. The number of ketones is 1. The molecule has 1 heterocycles. The van der Waals surface area contributed by atoms with Crippen molar-refractivity contribution in [3.05, 3.63) is 11.9 Å². The Kier molecular flexibility index (Phi) is 6.56. The molecule has 1 aromatic rings. The van der Waals surface area contributed by atoms with Gasteiger partial charge in [-0.25, -0.2) is 0 Å². The van der Waals surface area contributed by atoms with Crippen molar-refractivity contribution in [3.8, 4) is 5.75 Å². The summed E-state index contributed by atoms with van der Waals surface area (Å²) in [4.78, 5) is 12.2. The van der Waals surface area contributed by atoms with E-state index in [0.717, 1.165) is 25.7 Å². The molecule has 0 radical (unpaired) electrons. The summed E-state index contributed by atoms with van der Waals surface area (Å²) in [6.07, 6.45) is 6.25. The van der Waals surface area contributed by atoms with Gasteiger partial charge < -0.3 is 10.5 Å². The lowest BCUT2D eigenvalue weighted by Crippen LogP contribution is -2.13. The first-order chi connectivity index (χ1) is 9.13. The van der Waals surface area contributed by atoms with Crippen molar-refractivity contribution < 1.29 is 9.53 Å². The van der Waals surface area contributed by atoms with Crippen molar-refractivity contribution in [3.63, 3.8) is 0 Å². The van der Waals surface area contributed by atoms with Crippen molar-refractivity contribution in [2.45, 2.75) is 39.0 Å². The standard InChI is InChI=1S/C14H25N3O2/c1-4-5-11(8-9-15)6-7-12(18)14-13(19-3)10-16-17(14)2/h10-11H,4-9,15H2,1-3H3. The van der Waals surface area contributed by atoms with Crippen molar-refractivity contribution in [2.75, 3.05) is 13.7 Å². The number of methoxy groups -OCH3 is 1.